The van der Waals surface area contributed by atoms with Crippen molar-refractivity contribution < 1.29 is 27.5 Å². The van der Waals surface area contributed by atoms with Gasteiger partial charge in [-0.3, -0.25) is 14.3 Å². The number of amides is 2. The second-order valence-electron chi connectivity index (χ2n) is 9.61. The van der Waals surface area contributed by atoms with Gasteiger partial charge in [-0.15, -0.1) is 0 Å². The number of hydrogen-bond donors (Lipinski definition) is 2. The maximum Gasteiger partial charge on any atom is 0.265 e. The smallest absolute Gasteiger partial charge is 0.265 e. The van der Waals surface area contributed by atoms with Gasteiger partial charge in [-0.05, 0) is 72.6 Å². The van der Waals surface area contributed by atoms with Crippen LogP contribution in [0.15, 0.2) is 102 Å². The highest BCUT2D eigenvalue weighted by molar-refractivity contribution is 7.92. The normalized spacial score (nSPS) is 14.3. The lowest BCUT2D eigenvalue weighted by molar-refractivity contribution is -0.128. The Morgan fingerprint density at radius 1 is 0.976 bits per heavy atom. The summed E-state index contributed by atoms with van der Waals surface area (Å²) in [5, 5.41) is 3.36. The molecule has 1 heterocycles. The third-order valence-corrected chi connectivity index (χ3v) is 8.21. The van der Waals surface area contributed by atoms with Gasteiger partial charge in [-0.2, -0.15) is 0 Å². The number of anilines is 2. The van der Waals surface area contributed by atoms with E-state index in [1.165, 1.54) is 23.1 Å². The third kappa shape index (κ3) is 6.84. The highest BCUT2D eigenvalue weighted by Crippen LogP contribution is 2.33. The van der Waals surface area contributed by atoms with Crippen LogP contribution in [-0.4, -0.2) is 39.5 Å². The standard InChI is InChI=1S/C31H28ClN3O6S/c1-21-17-25(42(38,39)34-24-13-11-23(32)12-14-24)15-16-27(21)40-20-30(36)35-19-29(41-28-10-6-5-9-26(28)35)31(37)33-18-22-7-3-2-4-8-22/h2-17,29,34H,18-20H2,1H3,(H,33,37). The van der Waals surface area contributed by atoms with Gasteiger partial charge < -0.3 is 19.7 Å². The van der Waals surface area contributed by atoms with Crippen molar-refractivity contribution in [3.8, 4) is 11.5 Å². The van der Waals surface area contributed by atoms with Gasteiger partial charge in [0.2, 0.25) is 0 Å². The molecule has 5 rings (SSSR count). The van der Waals surface area contributed by atoms with E-state index >= 15 is 0 Å². The molecule has 0 aromatic heterocycles. The molecule has 1 atom stereocenters. The van der Waals surface area contributed by atoms with Crippen LogP contribution in [0.1, 0.15) is 11.1 Å². The van der Waals surface area contributed by atoms with Gasteiger partial charge in [0.15, 0.2) is 12.7 Å². The number of rotatable bonds is 9. The summed E-state index contributed by atoms with van der Waals surface area (Å²) < 4.78 is 40.0. The van der Waals surface area contributed by atoms with Crippen LogP contribution >= 0.6 is 11.6 Å². The van der Waals surface area contributed by atoms with Gasteiger partial charge in [-0.1, -0.05) is 54.1 Å². The number of carbonyl (C=O) groups excluding carboxylic acids is 2. The van der Waals surface area contributed by atoms with Crippen molar-refractivity contribution in [3.63, 3.8) is 0 Å². The molecule has 2 N–H and O–H groups in total. The number of para-hydroxylation sites is 2. The summed E-state index contributed by atoms with van der Waals surface area (Å²) >= 11 is 5.88. The molecule has 9 nitrogen and oxygen atoms in total. The first kappa shape index (κ1) is 29.0. The second kappa shape index (κ2) is 12.5. The largest absolute Gasteiger partial charge is 0.483 e. The van der Waals surface area contributed by atoms with Crippen molar-refractivity contribution in [1.82, 2.24) is 5.32 Å². The van der Waals surface area contributed by atoms with Crippen molar-refractivity contribution in [1.29, 1.82) is 0 Å². The predicted molar refractivity (Wildman–Crippen MR) is 160 cm³/mol. The summed E-state index contributed by atoms with van der Waals surface area (Å²) in [5.41, 5.74) is 2.38. The van der Waals surface area contributed by atoms with Crippen LogP contribution in [-0.2, 0) is 26.2 Å². The number of carbonyl (C=O) groups is 2. The van der Waals surface area contributed by atoms with Gasteiger partial charge in [0.1, 0.15) is 11.5 Å². The average Bonchev–Trinajstić information content (AvgIpc) is 3.00. The minimum atomic E-state index is -3.86. The van der Waals surface area contributed by atoms with Gasteiger partial charge in [0.05, 0.1) is 17.1 Å². The van der Waals surface area contributed by atoms with Gasteiger partial charge in [0, 0.05) is 17.3 Å². The first-order valence-corrected chi connectivity index (χ1v) is 15.0. The van der Waals surface area contributed by atoms with E-state index in [1.54, 1.807) is 55.5 Å². The van der Waals surface area contributed by atoms with Crippen LogP contribution in [0.5, 0.6) is 11.5 Å². The molecule has 0 radical (unpaired) electrons. The average molecular weight is 606 g/mol. The van der Waals surface area contributed by atoms with Crippen LogP contribution < -0.4 is 24.4 Å². The minimum Gasteiger partial charge on any atom is -0.483 e. The molecule has 1 unspecified atom stereocenters. The Kier molecular flexibility index (Phi) is 8.65. The molecule has 2 amide bonds. The molecular weight excluding hydrogens is 578 g/mol. The lowest BCUT2D eigenvalue weighted by Gasteiger charge is -2.34. The van der Waals surface area contributed by atoms with E-state index in [0.29, 0.717) is 40.0 Å². The molecular formula is C31H28ClN3O6S. The second-order valence-corrected chi connectivity index (χ2v) is 11.7. The fraction of sp³-hybridized carbons (Fsp3) is 0.161. The molecule has 4 aromatic carbocycles. The lowest BCUT2D eigenvalue weighted by Crippen LogP contribution is -2.51. The first-order chi connectivity index (χ1) is 20.2. The summed E-state index contributed by atoms with van der Waals surface area (Å²) in [6.45, 7) is 1.70. The molecule has 0 fully saturated rings. The topological polar surface area (TPSA) is 114 Å². The molecule has 0 saturated heterocycles. The molecule has 11 heteroatoms. The Balaban J connectivity index is 1.24. The van der Waals surface area contributed by atoms with Crippen LogP contribution in [0.25, 0.3) is 0 Å². The van der Waals surface area contributed by atoms with Crippen molar-refractivity contribution in [2.75, 3.05) is 22.8 Å². The molecule has 42 heavy (non-hydrogen) atoms. The summed E-state index contributed by atoms with van der Waals surface area (Å²) in [5.74, 6) is 0.0439. The van der Waals surface area contributed by atoms with E-state index in [9.17, 15) is 18.0 Å². The Morgan fingerprint density at radius 2 is 1.69 bits per heavy atom. The Morgan fingerprint density at radius 3 is 2.43 bits per heavy atom. The first-order valence-electron chi connectivity index (χ1n) is 13.1. The molecule has 0 bridgehead atoms. The van der Waals surface area contributed by atoms with Crippen molar-refractivity contribution >= 4 is 44.8 Å². The maximum atomic E-state index is 13.3. The number of ether oxygens (including phenoxy) is 2. The van der Waals surface area contributed by atoms with E-state index in [4.69, 9.17) is 21.1 Å². The zero-order chi connectivity index (χ0) is 29.7. The maximum absolute atomic E-state index is 13.3. The Labute approximate surface area is 249 Å². The predicted octanol–water partition coefficient (Wildman–Crippen LogP) is 4.94. The van der Waals surface area contributed by atoms with Gasteiger partial charge >= 0.3 is 0 Å². The van der Waals surface area contributed by atoms with Crippen LogP contribution in [0.4, 0.5) is 11.4 Å². The number of sulfonamides is 1. The van der Waals surface area contributed by atoms with Crippen LogP contribution in [0.3, 0.4) is 0 Å². The molecule has 1 aliphatic rings. The third-order valence-electron chi connectivity index (χ3n) is 6.58. The number of benzene rings is 4. The van der Waals surface area contributed by atoms with Crippen molar-refractivity contribution in [2.45, 2.75) is 24.5 Å². The van der Waals surface area contributed by atoms with Crippen molar-refractivity contribution in [2.24, 2.45) is 0 Å². The molecule has 0 aliphatic carbocycles. The summed E-state index contributed by atoms with van der Waals surface area (Å²) in [4.78, 5) is 27.8. The van der Waals surface area contributed by atoms with Crippen molar-refractivity contribution in [3.05, 3.63) is 113 Å². The quantitative estimate of drug-likeness (QED) is 0.279. The van der Waals surface area contributed by atoms with Gasteiger partial charge in [0.25, 0.3) is 21.8 Å². The lowest BCUT2D eigenvalue weighted by atomic mass is 10.1. The van der Waals surface area contributed by atoms with E-state index in [2.05, 4.69) is 10.0 Å². The Bertz CT molecular complexity index is 1700. The van der Waals surface area contributed by atoms with Gasteiger partial charge in [-0.25, -0.2) is 8.42 Å². The van der Waals surface area contributed by atoms with E-state index in [1.807, 2.05) is 30.3 Å². The highest BCUT2D eigenvalue weighted by atomic mass is 35.5. The van der Waals surface area contributed by atoms with Crippen LogP contribution in [0.2, 0.25) is 5.02 Å². The zero-order valence-electron chi connectivity index (χ0n) is 22.6. The summed E-state index contributed by atoms with van der Waals surface area (Å²) in [7, 11) is -3.86. The number of hydrogen-bond acceptors (Lipinski definition) is 6. The monoisotopic (exact) mass is 605 g/mol. The SMILES string of the molecule is Cc1cc(S(=O)(=O)Nc2ccc(Cl)cc2)ccc1OCC(=O)N1CC(C(=O)NCc2ccccc2)Oc2ccccc21. The van der Waals surface area contributed by atoms with E-state index in [0.717, 1.165) is 5.56 Å². The summed E-state index contributed by atoms with van der Waals surface area (Å²) in [6, 6.07) is 27.2. The highest BCUT2D eigenvalue weighted by Gasteiger charge is 2.34. The minimum absolute atomic E-state index is 0.00631. The van der Waals surface area contributed by atoms with E-state index < -0.39 is 16.1 Å². The number of halogens is 1. The van der Waals surface area contributed by atoms with Crippen LogP contribution in [0, 0.1) is 6.92 Å². The molecule has 0 spiro atoms. The molecule has 216 valence electrons. The fourth-order valence-corrected chi connectivity index (χ4v) is 5.68. The molecule has 0 saturated carbocycles. The Hall–Kier alpha value is -4.54. The number of aryl methyl sites for hydroxylation is 1. The number of nitrogens with zero attached hydrogens (tertiary/aromatic N) is 1. The van der Waals surface area contributed by atoms with E-state index in [-0.39, 0.29) is 29.9 Å². The number of nitrogens with one attached hydrogen (secondary N) is 2. The molecule has 1 aliphatic heterocycles. The number of fused-ring (bicyclic) bond motifs is 1. The molecule has 4 aromatic rings. The zero-order valence-corrected chi connectivity index (χ0v) is 24.2. The fourth-order valence-electron chi connectivity index (χ4n) is 4.41. The summed E-state index contributed by atoms with van der Waals surface area (Å²) in [6.07, 6.45) is -0.910.